The lowest BCUT2D eigenvalue weighted by molar-refractivity contribution is -0.133. The molecule has 2 aliphatic rings. The lowest BCUT2D eigenvalue weighted by atomic mass is 9.78. The van der Waals surface area contributed by atoms with Crippen molar-refractivity contribution in [2.75, 3.05) is 20.2 Å². The zero-order chi connectivity index (χ0) is 22.9. The van der Waals surface area contributed by atoms with Gasteiger partial charge >= 0.3 is 12.0 Å². The summed E-state index contributed by atoms with van der Waals surface area (Å²) in [5.41, 5.74) is 0.695. The van der Waals surface area contributed by atoms with Crippen LogP contribution >= 0.6 is 11.3 Å². The molecule has 2 aliphatic heterocycles. The van der Waals surface area contributed by atoms with E-state index in [9.17, 15) is 19.2 Å². The molecule has 0 spiro atoms. The van der Waals surface area contributed by atoms with Gasteiger partial charge in [0.1, 0.15) is 5.54 Å². The Kier molecular flexibility index (Phi) is 6.01. The summed E-state index contributed by atoms with van der Waals surface area (Å²) in [5, 5.41) is 6.74. The van der Waals surface area contributed by atoms with E-state index < -0.39 is 11.5 Å². The van der Waals surface area contributed by atoms with E-state index in [1.165, 1.54) is 29.4 Å². The molecule has 0 unspecified atom stereocenters. The number of ether oxygens (including phenoxy) is 1. The molecule has 2 fully saturated rings. The van der Waals surface area contributed by atoms with Crippen molar-refractivity contribution < 1.29 is 23.9 Å². The van der Waals surface area contributed by atoms with Crippen LogP contribution in [0.4, 0.5) is 4.79 Å². The predicted molar refractivity (Wildman–Crippen MR) is 118 cm³/mol. The molecule has 0 radical (unpaired) electrons. The molecule has 8 nitrogen and oxygen atoms in total. The molecule has 9 heteroatoms. The van der Waals surface area contributed by atoms with Gasteiger partial charge in [-0.2, -0.15) is 11.3 Å². The fourth-order valence-electron chi connectivity index (χ4n) is 4.44. The summed E-state index contributed by atoms with van der Waals surface area (Å²) in [6.45, 7) is 2.98. The van der Waals surface area contributed by atoms with Crippen molar-refractivity contribution in [3.63, 3.8) is 0 Å². The minimum Gasteiger partial charge on any atom is -0.465 e. The van der Waals surface area contributed by atoms with Gasteiger partial charge in [-0.25, -0.2) is 9.59 Å². The third-order valence-corrected chi connectivity index (χ3v) is 7.08. The molecule has 0 aliphatic carbocycles. The average Bonchev–Trinajstić information content (AvgIpc) is 3.41. The number of likely N-dealkylation sites (tertiary alicyclic amines) is 1. The Labute approximate surface area is 190 Å². The van der Waals surface area contributed by atoms with Gasteiger partial charge in [0.05, 0.1) is 19.2 Å². The van der Waals surface area contributed by atoms with Crippen molar-refractivity contribution in [2.24, 2.45) is 5.92 Å². The number of carbonyl (C=O) groups excluding carboxylic acids is 4. The molecule has 168 valence electrons. The summed E-state index contributed by atoms with van der Waals surface area (Å²) < 4.78 is 4.73. The lowest BCUT2D eigenvalue weighted by Crippen LogP contribution is -2.54. The standard InChI is InChI=1S/C23H25N3O5S/c1-23(21(29)26(22(30)24-23)13-15-8-11-32-14-15)18-6-9-25(10-7-18)19(27)16-4-3-5-17(12-16)20(28)31-2/h3-5,8,11-12,14,18H,6-7,9-10,13H2,1-2H3,(H,24,30)/t23-/m1/s1. The summed E-state index contributed by atoms with van der Waals surface area (Å²) >= 11 is 1.53. The first kappa shape index (κ1) is 22.0. The topological polar surface area (TPSA) is 96.0 Å². The van der Waals surface area contributed by atoms with Crippen LogP contribution < -0.4 is 5.32 Å². The molecule has 1 aromatic heterocycles. The highest BCUT2D eigenvalue weighted by Crippen LogP contribution is 2.34. The monoisotopic (exact) mass is 455 g/mol. The average molecular weight is 456 g/mol. The van der Waals surface area contributed by atoms with Crippen LogP contribution in [0.1, 0.15) is 46.0 Å². The van der Waals surface area contributed by atoms with Gasteiger partial charge in [0, 0.05) is 18.7 Å². The first-order valence-electron chi connectivity index (χ1n) is 10.5. The second-order valence-electron chi connectivity index (χ2n) is 8.29. The molecule has 3 heterocycles. The SMILES string of the molecule is COC(=O)c1cccc(C(=O)N2CCC([C@@]3(C)NC(=O)N(Cc4ccsc4)C3=O)CC2)c1. The molecule has 32 heavy (non-hydrogen) atoms. The molecule has 2 aromatic rings. The van der Waals surface area contributed by atoms with Gasteiger partial charge in [-0.05, 0) is 66.3 Å². The molecule has 4 amide bonds. The summed E-state index contributed by atoms with van der Waals surface area (Å²) in [5.74, 6) is -0.949. The van der Waals surface area contributed by atoms with Crippen molar-refractivity contribution in [2.45, 2.75) is 31.8 Å². The second-order valence-corrected chi connectivity index (χ2v) is 9.07. The van der Waals surface area contributed by atoms with Crippen molar-refractivity contribution in [3.8, 4) is 0 Å². The highest BCUT2D eigenvalue weighted by Gasteiger charge is 2.52. The molecule has 4 rings (SSSR count). The summed E-state index contributed by atoms with van der Waals surface area (Å²) in [7, 11) is 1.30. The maximum atomic E-state index is 13.2. The first-order chi connectivity index (χ1) is 15.3. The Morgan fingerprint density at radius 1 is 1.19 bits per heavy atom. The third kappa shape index (κ3) is 4.00. The largest absolute Gasteiger partial charge is 0.465 e. The Bertz CT molecular complexity index is 1050. The van der Waals surface area contributed by atoms with Crippen molar-refractivity contribution in [1.29, 1.82) is 0 Å². The van der Waals surface area contributed by atoms with Gasteiger partial charge in [0.25, 0.3) is 11.8 Å². The second kappa shape index (κ2) is 8.74. The van der Waals surface area contributed by atoms with Gasteiger partial charge in [0.15, 0.2) is 0 Å². The zero-order valence-electron chi connectivity index (χ0n) is 18.0. The molecule has 1 N–H and O–H groups in total. The number of benzene rings is 1. The van der Waals surface area contributed by atoms with E-state index in [2.05, 4.69) is 5.32 Å². The number of nitrogens with one attached hydrogen (secondary N) is 1. The number of urea groups is 1. The smallest absolute Gasteiger partial charge is 0.337 e. The number of amides is 4. The van der Waals surface area contributed by atoms with E-state index in [-0.39, 0.29) is 30.3 Å². The Morgan fingerprint density at radius 3 is 2.56 bits per heavy atom. The zero-order valence-corrected chi connectivity index (χ0v) is 18.8. The lowest BCUT2D eigenvalue weighted by Gasteiger charge is -2.39. The number of nitrogens with zero attached hydrogens (tertiary/aromatic N) is 2. The fourth-order valence-corrected chi connectivity index (χ4v) is 5.10. The number of imide groups is 1. The molecule has 1 aromatic carbocycles. The number of rotatable bonds is 5. The molecular weight excluding hydrogens is 430 g/mol. The maximum Gasteiger partial charge on any atom is 0.337 e. The summed E-state index contributed by atoms with van der Waals surface area (Å²) in [4.78, 5) is 53.4. The molecule has 0 saturated carbocycles. The van der Waals surface area contributed by atoms with Crippen LogP contribution in [-0.4, -0.2) is 59.4 Å². The van der Waals surface area contributed by atoms with Gasteiger partial charge in [-0.15, -0.1) is 0 Å². The van der Waals surface area contributed by atoms with Crippen molar-refractivity contribution in [1.82, 2.24) is 15.1 Å². The minimum absolute atomic E-state index is 0.0723. The van der Waals surface area contributed by atoms with Crippen LogP contribution in [0.15, 0.2) is 41.1 Å². The molecule has 1 atom stereocenters. The van der Waals surface area contributed by atoms with Crippen molar-refractivity contribution >= 4 is 35.2 Å². The van der Waals surface area contributed by atoms with E-state index in [4.69, 9.17) is 4.74 Å². The summed E-state index contributed by atoms with van der Waals surface area (Å²) in [6, 6.07) is 7.99. The van der Waals surface area contributed by atoms with E-state index in [1.54, 1.807) is 30.0 Å². The molecule has 0 bridgehead atoms. The van der Waals surface area contributed by atoms with Gasteiger partial charge in [0.2, 0.25) is 0 Å². The van der Waals surface area contributed by atoms with Crippen LogP contribution in [0.25, 0.3) is 0 Å². The third-order valence-electron chi connectivity index (χ3n) is 6.35. The summed E-state index contributed by atoms with van der Waals surface area (Å²) in [6.07, 6.45) is 1.19. The highest BCUT2D eigenvalue weighted by molar-refractivity contribution is 7.07. The van der Waals surface area contributed by atoms with Crippen LogP contribution in [0.5, 0.6) is 0 Å². The van der Waals surface area contributed by atoms with Crippen molar-refractivity contribution in [3.05, 3.63) is 57.8 Å². The Hall–Kier alpha value is -3.20. The molecular formula is C23H25N3O5S. The number of carbonyl (C=O) groups is 4. The van der Waals surface area contributed by atoms with Crippen LogP contribution in [-0.2, 0) is 16.1 Å². The van der Waals surface area contributed by atoms with Crippen LogP contribution in [0, 0.1) is 5.92 Å². The van der Waals surface area contributed by atoms with E-state index >= 15 is 0 Å². The van der Waals surface area contributed by atoms with Crippen LogP contribution in [0.2, 0.25) is 0 Å². The highest BCUT2D eigenvalue weighted by atomic mass is 32.1. The normalized spacial score (nSPS) is 21.6. The van der Waals surface area contributed by atoms with Gasteiger partial charge in [-0.3, -0.25) is 14.5 Å². The maximum absolute atomic E-state index is 13.2. The van der Waals surface area contributed by atoms with Gasteiger partial charge < -0.3 is 15.0 Å². The van der Waals surface area contributed by atoms with Crippen LogP contribution in [0.3, 0.4) is 0 Å². The number of thiophene rings is 1. The molecule has 2 saturated heterocycles. The van der Waals surface area contributed by atoms with E-state index in [0.717, 1.165) is 5.56 Å². The minimum atomic E-state index is -0.979. The number of hydrogen-bond acceptors (Lipinski definition) is 6. The fraction of sp³-hybridized carbons (Fsp3) is 0.391. The van der Waals surface area contributed by atoms with Gasteiger partial charge in [-0.1, -0.05) is 6.07 Å². The quantitative estimate of drug-likeness (QED) is 0.553. The number of methoxy groups -OCH3 is 1. The number of piperidine rings is 1. The van der Waals surface area contributed by atoms with E-state index in [1.807, 2.05) is 16.8 Å². The van der Waals surface area contributed by atoms with E-state index in [0.29, 0.717) is 37.1 Å². The predicted octanol–water partition coefficient (Wildman–Crippen LogP) is 2.90. The Morgan fingerprint density at radius 2 is 1.91 bits per heavy atom. The first-order valence-corrected chi connectivity index (χ1v) is 11.4. The number of esters is 1. The number of hydrogen-bond donors (Lipinski definition) is 1. The Balaban J connectivity index is 1.41.